The Labute approximate surface area is 225 Å². The minimum atomic E-state index is -4.70. The van der Waals surface area contributed by atoms with Crippen LogP contribution in [0.25, 0.3) is 11.1 Å². The van der Waals surface area contributed by atoms with Gasteiger partial charge in [0.15, 0.2) is 0 Å². The Bertz CT molecular complexity index is 1350. The van der Waals surface area contributed by atoms with Crippen molar-refractivity contribution >= 4 is 17.1 Å². The molecule has 0 saturated carbocycles. The molecule has 0 unspecified atom stereocenters. The van der Waals surface area contributed by atoms with Gasteiger partial charge in [0, 0.05) is 23.4 Å². The molecule has 4 nitrogen and oxygen atoms in total. The molecule has 3 aromatic rings. The Hall–Kier alpha value is -2.82. The van der Waals surface area contributed by atoms with Crippen LogP contribution in [0.5, 0.6) is 5.88 Å². The number of alkyl halides is 3. The topological polar surface area (TPSA) is 59.4 Å². The third-order valence-corrected chi connectivity index (χ3v) is 5.65. The van der Waals surface area contributed by atoms with Crippen molar-refractivity contribution in [3.8, 4) is 5.88 Å². The summed E-state index contributed by atoms with van der Waals surface area (Å²) in [5, 5.41) is 9.24. The smallest absolute Gasteiger partial charge is 1.00 e. The van der Waals surface area contributed by atoms with E-state index in [1.165, 1.54) is 6.07 Å². The second kappa shape index (κ2) is 11.1. The number of nitrogens with zero attached hydrogens (tertiary/aromatic N) is 1. The molecule has 0 amide bonds. The number of rotatable bonds is 6. The molecular formula is C25H18F6NNaO3. The molecule has 0 radical (unpaired) electrons. The summed E-state index contributed by atoms with van der Waals surface area (Å²) in [5.74, 6) is -4.29. The van der Waals surface area contributed by atoms with Crippen molar-refractivity contribution in [1.82, 2.24) is 4.98 Å². The van der Waals surface area contributed by atoms with Crippen molar-refractivity contribution in [3.05, 3.63) is 93.9 Å². The van der Waals surface area contributed by atoms with Gasteiger partial charge in [-0.2, -0.15) is 13.2 Å². The fourth-order valence-electron chi connectivity index (χ4n) is 3.96. The molecule has 11 heteroatoms. The predicted molar refractivity (Wildman–Crippen MR) is 115 cm³/mol. The summed E-state index contributed by atoms with van der Waals surface area (Å²) < 4.78 is 87.0. The SMILES string of the molecule is O=C(O)c1cc(C2=C(c3cc(C(F)(F)F)cnc3OCc3ccc(F)cc3F)CCC2)ccc1F.[H-].[Na+]. The number of carboxylic acid groups (broad SMARTS) is 1. The van der Waals surface area contributed by atoms with Crippen molar-refractivity contribution in [2.75, 3.05) is 0 Å². The van der Waals surface area contributed by atoms with Crippen LogP contribution >= 0.6 is 0 Å². The van der Waals surface area contributed by atoms with Crippen LogP contribution in [0.3, 0.4) is 0 Å². The van der Waals surface area contributed by atoms with Crippen LogP contribution < -0.4 is 34.3 Å². The van der Waals surface area contributed by atoms with Gasteiger partial charge in [0.05, 0.1) is 11.1 Å². The van der Waals surface area contributed by atoms with Crippen molar-refractivity contribution in [2.24, 2.45) is 0 Å². The Morgan fingerprint density at radius 1 is 1.00 bits per heavy atom. The fourth-order valence-corrected chi connectivity index (χ4v) is 3.96. The average molecular weight is 517 g/mol. The van der Waals surface area contributed by atoms with Crippen molar-refractivity contribution in [1.29, 1.82) is 0 Å². The summed E-state index contributed by atoms with van der Waals surface area (Å²) in [6.07, 6.45) is -2.82. The molecule has 0 bridgehead atoms. The maximum atomic E-state index is 14.0. The Morgan fingerprint density at radius 2 is 1.72 bits per heavy atom. The monoisotopic (exact) mass is 517 g/mol. The van der Waals surface area contributed by atoms with Gasteiger partial charge < -0.3 is 11.3 Å². The molecule has 0 saturated heterocycles. The van der Waals surface area contributed by atoms with E-state index in [2.05, 4.69) is 4.98 Å². The van der Waals surface area contributed by atoms with Gasteiger partial charge in [0.1, 0.15) is 24.1 Å². The van der Waals surface area contributed by atoms with E-state index in [1.54, 1.807) is 0 Å². The van der Waals surface area contributed by atoms with Gasteiger partial charge in [-0.15, -0.1) is 0 Å². The van der Waals surface area contributed by atoms with Crippen LogP contribution in [0.4, 0.5) is 26.3 Å². The van der Waals surface area contributed by atoms with Crippen LogP contribution in [0.15, 0.2) is 48.7 Å². The number of carboxylic acids is 1. The second-order valence-corrected chi connectivity index (χ2v) is 7.91. The average Bonchev–Trinajstić information content (AvgIpc) is 3.27. The molecule has 1 N–H and O–H groups in total. The quantitative estimate of drug-likeness (QED) is 0.397. The molecule has 1 heterocycles. The zero-order chi connectivity index (χ0) is 25.3. The molecular weight excluding hydrogens is 499 g/mol. The first-order valence-electron chi connectivity index (χ1n) is 10.4. The first-order chi connectivity index (χ1) is 16.5. The van der Waals surface area contributed by atoms with E-state index in [0.29, 0.717) is 48.2 Å². The molecule has 184 valence electrons. The number of benzene rings is 2. The van der Waals surface area contributed by atoms with E-state index in [0.717, 1.165) is 30.3 Å². The van der Waals surface area contributed by atoms with Gasteiger partial charge in [-0.05, 0) is 66.3 Å². The molecule has 1 aliphatic rings. The van der Waals surface area contributed by atoms with Crippen LogP contribution in [-0.2, 0) is 12.8 Å². The molecule has 4 rings (SSSR count). The van der Waals surface area contributed by atoms with Gasteiger partial charge in [0.2, 0.25) is 5.88 Å². The maximum Gasteiger partial charge on any atom is 1.00 e. The molecule has 0 spiro atoms. The second-order valence-electron chi connectivity index (χ2n) is 7.91. The van der Waals surface area contributed by atoms with E-state index < -0.39 is 47.3 Å². The van der Waals surface area contributed by atoms with E-state index in [1.807, 2.05) is 0 Å². The third kappa shape index (κ3) is 5.93. The standard InChI is InChI=1S/C25H17F6NO3.Na.H/c26-16-6-4-14(22(28)10-16)12-35-23-19(9-15(11-32-23)25(29,30)31)18-3-1-2-17(18)13-5-7-21(27)20(8-13)24(33)34;;/h4-11H,1-3,12H2,(H,33,34);;/q;+1;-1. The Kier molecular flexibility index (Phi) is 8.53. The van der Waals surface area contributed by atoms with Crippen molar-refractivity contribution in [3.63, 3.8) is 0 Å². The predicted octanol–water partition coefficient (Wildman–Crippen LogP) is 4.01. The number of ether oxygens (including phenoxy) is 1. The van der Waals surface area contributed by atoms with Crippen molar-refractivity contribution in [2.45, 2.75) is 32.0 Å². The zero-order valence-corrected chi connectivity index (χ0v) is 20.9. The van der Waals surface area contributed by atoms with Gasteiger partial charge in [-0.25, -0.2) is 22.9 Å². The third-order valence-electron chi connectivity index (χ3n) is 5.65. The van der Waals surface area contributed by atoms with E-state index in [4.69, 9.17) is 4.74 Å². The summed E-state index contributed by atoms with van der Waals surface area (Å²) in [6, 6.07) is 7.18. The van der Waals surface area contributed by atoms with Gasteiger partial charge in [0.25, 0.3) is 0 Å². The van der Waals surface area contributed by atoms with Crippen LogP contribution in [0, 0.1) is 17.5 Å². The Balaban J connectivity index is 0.00000241. The zero-order valence-electron chi connectivity index (χ0n) is 19.9. The van der Waals surface area contributed by atoms with Crippen LogP contribution in [0.2, 0.25) is 0 Å². The number of pyridine rings is 1. The number of carbonyl (C=O) groups is 1. The molecule has 0 aliphatic heterocycles. The Morgan fingerprint density at radius 3 is 2.39 bits per heavy atom. The summed E-state index contributed by atoms with van der Waals surface area (Å²) in [5.41, 5.74) is -0.291. The minimum absolute atomic E-state index is 0. The number of aromatic nitrogens is 1. The van der Waals surface area contributed by atoms with Gasteiger partial charge >= 0.3 is 41.7 Å². The van der Waals surface area contributed by atoms with Crippen LogP contribution in [0.1, 0.15) is 53.3 Å². The number of allylic oxidation sites excluding steroid dienone is 2. The molecule has 36 heavy (non-hydrogen) atoms. The van der Waals surface area contributed by atoms with Crippen LogP contribution in [-0.4, -0.2) is 16.1 Å². The van der Waals surface area contributed by atoms with E-state index >= 15 is 0 Å². The fraction of sp³-hybridized carbons (Fsp3) is 0.200. The molecule has 1 aromatic heterocycles. The summed E-state index contributed by atoms with van der Waals surface area (Å²) in [7, 11) is 0. The van der Waals surface area contributed by atoms with E-state index in [-0.39, 0.29) is 48.0 Å². The van der Waals surface area contributed by atoms with E-state index in [9.17, 15) is 36.2 Å². The minimum Gasteiger partial charge on any atom is -1.00 e. The normalized spacial score (nSPS) is 13.5. The first kappa shape index (κ1) is 27.8. The number of hydrogen-bond donors (Lipinski definition) is 1. The molecule has 1 aliphatic carbocycles. The summed E-state index contributed by atoms with van der Waals surface area (Å²) in [4.78, 5) is 15.2. The largest absolute Gasteiger partial charge is 1.00 e. The molecule has 0 fully saturated rings. The first-order valence-corrected chi connectivity index (χ1v) is 10.4. The van der Waals surface area contributed by atoms with Gasteiger partial charge in [-0.1, -0.05) is 6.07 Å². The molecule has 2 aromatic carbocycles. The number of halogens is 6. The molecule has 0 atom stereocenters. The summed E-state index contributed by atoms with van der Waals surface area (Å²) >= 11 is 0. The number of aromatic carboxylic acids is 1. The maximum absolute atomic E-state index is 14.0. The van der Waals surface area contributed by atoms with Gasteiger partial charge in [-0.3, -0.25) is 0 Å². The van der Waals surface area contributed by atoms with Crippen molar-refractivity contribution < 1.29 is 72.0 Å². The summed E-state index contributed by atoms with van der Waals surface area (Å²) in [6.45, 7) is -0.417. The number of hydrogen-bond acceptors (Lipinski definition) is 3.